The number of aliphatic imine (C=N–C) groups is 1. The van der Waals surface area contributed by atoms with Gasteiger partial charge in [-0.1, -0.05) is 13.0 Å². The maximum absolute atomic E-state index is 14.0. The van der Waals surface area contributed by atoms with E-state index < -0.39 is 11.6 Å². The summed E-state index contributed by atoms with van der Waals surface area (Å²) in [5.74, 6) is -0.283. The largest absolute Gasteiger partial charge is 0.380 e. The Kier molecular flexibility index (Phi) is 7.45. The van der Waals surface area contributed by atoms with Crippen LogP contribution in [0.2, 0.25) is 0 Å². The molecule has 1 aromatic carbocycles. The number of halogens is 3. The summed E-state index contributed by atoms with van der Waals surface area (Å²) in [5, 5.41) is 6.63. The van der Waals surface area contributed by atoms with Gasteiger partial charge in [0.05, 0.1) is 19.8 Å². The number of rotatable bonds is 5. The first kappa shape index (κ1) is 21.1. The lowest BCUT2D eigenvalue weighted by atomic mass is 9.89. The van der Waals surface area contributed by atoms with Crippen LogP contribution in [0, 0.1) is 17.0 Å². The fraction of sp³-hybridized carbons (Fsp3) is 0.611. The minimum Gasteiger partial charge on any atom is -0.380 e. The number of benzene rings is 1. The molecule has 2 N–H and O–H groups in total. The van der Waals surface area contributed by atoms with E-state index in [2.05, 4.69) is 22.5 Å². The van der Waals surface area contributed by atoms with E-state index in [1.807, 2.05) is 6.92 Å². The fourth-order valence-electron chi connectivity index (χ4n) is 3.20. The zero-order valence-electron chi connectivity index (χ0n) is 15.2. The van der Waals surface area contributed by atoms with Crippen molar-refractivity contribution in [1.82, 2.24) is 10.6 Å². The molecule has 1 atom stereocenters. The maximum Gasteiger partial charge on any atom is 0.191 e. The molecule has 0 bridgehead atoms. The van der Waals surface area contributed by atoms with Crippen LogP contribution in [-0.4, -0.2) is 51.4 Å². The van der Waals surface area contributed by atoms with Crippen LogP contribution in [0.5, 0.6) is 0 Å². The number of para-hydroxylation sites is 1. The van der Waals surface area contributed by atoms with Crippen molar-refractivity contribution < 1.29 is 13.5 Å². The van der Waals surface area contributed by atoms with Gasteiger partial charge in [-0.3, -0.25) is 4.99 Å². The van der Waals surface area contributed by atoms with Gasteiger partial charge in [-0.05, 0) is 25.5 Å². The summed E-state index contributed by atoms with van der Waals surface area (Å²) in [6.45, 7) is 8.25. The van der Waals surface area contributed by atoms with E-state index in [-0.39, 0.29) is 41.1 Å². The molecule has 0 spiro atoms. The standard InChI is InChI=1S/C18H26F2N4O.HI/c1-3-21-17(22-10-18(2)11-25-12-18)23-13-7-8-24(9-13)16-14(19)5-4-6-15(16)20;/h4-6,13H,3,7-12H2,1-2H3,(H2,21,22,23);1H. The van der Waals surface area contributed by atoms with E-state index in [0.717, 1.165) is 32.1 Å². The molecule has 146 valence electrons. The molecule has 2 saturated heterocycles. The molecule has 0 aromatic heterocycles. The van der Waals surface area contributed by atoms with E-state index in [1.165, 1.54) is 18.2 Å². The van der Waals surface area contributed by atoms with Gasteiger partial charge in [0.2, 0.25) is 0 Å². The summed E-state index contributed by atoms with van der Waals surface area (Å²) in [6, 6.07) is 4.08. The predicted octanol–water partition coefficient (Wildman–Crippen LogP) is 2.75. The zero-order chi connectivity index (χ0) is 17.9. The molecule has 1 unspecified atom stereocenters. The van der Waals surface area contributed by atoms with Gasteiger partial charge in [0, 0.05) is 31.1 Å². The Morgan fingerprint density at radius 1 is 1.35 bits per heavy atom. The van der Waals surface area contributed by atoms with Crippen LogP contribution in [0.4, 0.5) is 14.5 Å². The van der Waals surface area contributed by atoms with Gasteiger partial charge in [0.1, 0.15) is 17.3 Å². The van der Waals surface area contributed by atoms with E-state index in [1.54, 1.807) is 4.90 Å². The molecule has 2 heterocycles. The van der Waals surface area contributed by atoms with Gasteiger partial charge in [-0.25, -0.2) is 8.78 Å². The highest BCUT2D eigenvalue weighted by Gasteiger charge is 2.33. The summed E-state index contributed by atoms with van der Waals surface area (Å²) in [4.78, 5) is 6.41. The molecule has 8 heteroatoms. The number of hydrogen-bond acceptors (Lipinski definition) is 3. The minimum absolute atomic E-state index is 0. The van der Waals surface area contributed by atoms with E-state index >= 15 is 0 Å². The number of nitrogens with one attached hydrogen (secondary N) is 2. The Labute approximate surface area is 170 Å². The summed E-state index contributed by atoms with van der Waals surface area (Å²) in [7, 11) is 0. The van der Waals surface area contributed by atoms with E-state index in [4.69, 9.17) is 4.74 Å². The second kappa shape index (κ2) is 9.16. The molecule has 0 radical (unpaired) electrons. The number of guanidine groups is 1. The lowest BCUT2D eigenvalue weighted by Gasteiger charge is -2.36. The van der Waals surface area contributed by atoms with Crippen molar-refractivity contribution in [3.05, 3.63) is 29.8 Å². The first-order chi connectivity index (χ1) is 12.0. The average molecular weight is 480 g/mol. The third-order valence-electron chi connectivity index (χ3n) is 4.65. The molecule has 3 rings (SSSR count). The van der Waals surface area contributed by atoms with Crippen LogP contribution in [-0.2, 0) is 4.74 Å². The van der Waals surface area contributed by atoms with Crippen molar-refractivity contribution in [2.75, 3.05) is 44.3 Å². The van der Waals surface area contributed by atoms with Gasteiger partial charge in [-0.15, -0.1) is 24.0 Å². The van der Waals surface area contributed by atoms with Crippen LogP contribution in [0.3, 0.4) is 0 Å². The van der Waals surface area contributed by atoms with Crippen molar-refractivity contribution in [1.29, 1.82) is 0 Å². The highest BCUT2D eigenvalue weighted by atomic mass is 127. The highest BCUT2D eigenvalue weighted by molar-refractivity contribution is 14.0. The van der Waals surface area contributed by atoms with E-state index in [0.29, 0.717) is 19.6 Å². The van der Waals surface area contributed by atoms with Gasteiger partial charge < -0.3 is 20.3 Å². The molecule has 2 fully saturated rings. The van der Waals surface area contributed by atoms with Crippen molar-refractivity contribution in [3.63, 3.8) is 0 Å². The Bertz CT molecular complexity index is 619. The quantitative estimate of drug-likeness (QED) is 0.387. The van der Waals surface area contributed by atoms with Crippen LogP contribution >= 0.6 is 24.0 Å². The smallest absolute Gasteiger partial charge is 0.191 e. The molecule has 2 aliphatic rings. The predicted molar refractivity (Wildman–Crippen MR) is 110 cm³/mol. The number of anilines is 1. The molecular formula is C18H27F2IN4O. The van der Waals surface area contributed by atoms with Crippen LogP contribution < -0.4 is 15.5 Å². The third kappa shape index (κ3) is 4.97. The van der Waals surface area contributed by atoms with Crippen molar-refractivity contribution in [3.8, 4) is 0 Å². The van der Waals surface area contributed by atoms with Gasteiger partial charge in [0.15, 0.2) is 5.96 Å². The summed E-state index contributed by atoms with van der Waals surface area (Å²) < 4.78 is 33.2. The van der Waals surface area contributed by atoms with Crippen molar-refractivity contribution in [2.24, 2.45) is 10.4 Å². The van der Waals surface area contributed by atoms with Crippen LogP contribution in [0.15, 0.2) is 23.2 Å². The maximum atomic E-state index is 14.0. The monoisotopic (exact) mass is 480 g/mol. The number of nitrogens with zero attached hydrogens (tertiary/aromatic N) is 2. The Hall–Kier alpha value is -1.16. The molecule has 5 nitrogen and oxygen atoms in total. The molecular weight excluding hydrogens is 453 g/mol. The van der Waals surface area contributed by atoms with Gasteiger partial charge in [-0.2, -0.15) is 0 Å². The molecule has 2 aliphatic heterocycles. The summed E-state index contributed by atoms with van der Waals surface area (Å²) >= 11 is 0. The number of ether oxygens (including phenoxy) is 1. The molecule has 0 aliphatic carbocycles. The normalized spacial score (nSPS) is 21.8. The third-order valence-corrected chi connectivity index (χ3v) is 4.65. The molecule has 0 saturated carbocycles. The minimum atomic E-state index is -0.515. The van der Waals surface area contributed by atoms with Gasteiger partial charge in [0.25, 0.3) is 0 Å². The first-order valence-electron chi connectivity index (χ1n) is 8.82. The fourth-order valence-corrected chi connectivity index (χ4v) is 3.20. The SMILES string of the molecule is CCNC(=NCC1(C)COC1)NC1CCN(c2c(F)cccc2F)C1.I. The second-order valence-corrected chi connectivity index (χ2v) is 7.14. The van der Waals surface area contributed by atoms with Gasteiger partial charge >= 0.3 is 0 Å². The van der Waals surface area contributed by atoms with Crippen molar-refractivity contribution in [2.45, 2.75) is 26.3 Å². The first-order valence-corrected chi connectivity index (χ1v) is 8.82. The zero-order valence-corrected chi connectivity index (χ0v) is 17.6. The molecule has 26 heavy (non-hydrogen) atoms. The Morgan fingerprint density at radius 3 is 2.62 bits per heavy atom. The van der Waals surface area contributed by atoms with Crippen LogP contribution in [0.1, 0.15) is 20.3 Å². The second-order valence-electron chi connectivity index (χ2n) is 7.14. The summed E-state index contributed by atoms with van der Waals surface area (Å²) in [6.07, 6.45) is 0.804. The Balaban J connectivity index is 0.00000243. The summed E-state index contributed by atoms with van der Waals surface area (Å²) in [5.41, 5.74) is 0.174. The van der Waals surface area contributed by atoms with Crippen LogP contribution in [0.25, 0.3) is 0 Å². The van der Waals surface area contributed by atoms with E-state index in [9.17, 15) is 8.78 Å². The highest BCUT2D eigenvalue weighted by Crippen LogP contribution is 2.27. The lowest BCUT2D eigenvalue weighted by Crippen LogP contribution is -2.47. The average Bonchev–Trinajstić information content (AvgIpc) is 2.99. The molecule has 0 amide bonds. The topological polar surface area (TPSA) is 48.9 Å². The molecule has 1 aromatic rings. The lowest BCUT2D eigenvalue weighted by molar-refractivity contribution is -0.0945. The van der Waals surface area contributed by atoms with Crippen molar-refractivity contribution >= 4 is 35.6 Å². The Morgan fingerprint density at radius 2 is 2.04 bits per heavy atom. The number of hydrogen-bond donors (Lipinski definition) is 2.